The summed E-state index contributed by atoms with van der Waals surface area (Å²) < 4.78 is 0. The van der Waals surface area contributed by atoms with Crippen molar-refractivity contribution in [1.82, 2.24) is 10.2 Å². The van der Waals surface area contributed by atoms with E-state index in [0.717, 1.165) is 27.0 Å². The fraction of sp³-hybridized carbons (Fsp3) is 0.211. The monoisotopic (exact) mass is 386 g/mol. The minimum absolute atomic E-state index is 0.0110. The van der Waals surface area contributed by atoms with Crippen LogP contribution in [0, 0.1) is 5.92 Å². The van der Waals surface area contributed by atoms with Gasteiger partial charge in [-0.25, -0.2) is 0 Å². The molecule has 1 heterocycles. The van der Waals surface area contributed by atoms with E-state index in [4.69, 9.17) is 11.6 Å². The molecular formula is C19H19ClN4OS. The summed E-state index contributed by atoms with van der Waals surface area (Å²) in [6.45, 7) is 4.36. The van der Waals surface area contributed by atoms with Gasteiger partial charge in [0.05, 0.1) is 5.02 Å². The number of halogens is 1. The molecule has 0 saturated heterocycles. The second-order valence-corrected chi connectivity index (χ2v) is 7.47. The molecule has 0 atom stereocenters. The van der Waals surface area contributed by atoms with E-state index in [1.165, 1.54) is 11.3 Å². The van der Waals surface area contributed by atoms with Crippen LogP contribution >= 0.6 is 22.9 Å². The zero-order chi connectivity index (χ0) is 18.5. The third-order valence-corrected chi connectivity index (χ3v) is 4.96. The Bertz CT molecular complexity index is 893. The minimum atomic E-state index is -0.0407. The standard InChI is InChI=1S/C19H19ClN4OS/c1-12(2)17(25)22-14-9-7-13(8-10-14)11-21-19-24-23-18(26-19)15-5-3-4-6-16(15)20/h3-10,12H,11H2,1-2H3,(H,21,24)(H,22,25). The van der Waals surface area contributed by atoms with Crippen LogP contribution in [0.5, 0.6) is 0 Å². The molecule has 0 aliphatic rings. The van der Waals surface area contributed by atoms with Crippen LogP contribution in [-0.2, 0) is 11.3 Å². The fourth-order valence-corrected chi connectivity index (χ4v) is 3.27. The second kappa shape index (κ2) is 8.29. The highest BCUT2D eigenvalue weighted by Crippen LogP contribution is 2.31. The summed E-state index contributed by atoms with van der Waals surface area (Å²) in [5, 5.41) is 16.7. The topological polar surface area (TPSA) is 66.9 Å². The van der Waals surface area contributed by atoms with Crippen LogP contribution < -0.4 is 10.6 Å². The normalized spacial score (nSPS) is 10.8. The molecule has 0 saturated carbocycles. The summed E-state index contributed by atoms with van der Waals surface area (Å²) in [6, 6.07) is 15.3. The van der Waals surface area contributed by atoms with Crippen LogP contribution in [0.2, 0.25) is 5.02 Å². The molecular weight excluding hydrogens is 368 g/mol. The number of rotatable bonds is 6. The maximum absolute atomic E-state index is 11.7. The molecule has 5 nitrogen and oxygen atoms in total. The number of benzene rings is 2. The Morgan fingerprint density at radius 1 is 1.12 bits per heavy atom. The van der Waals surface area contributed by atoms with Gasteiger partial charge in [-0.15, -0.1) is 10.2 Å². The number of aromatic nitrogens is 2. The van der Waals surface area contributed by atoms with Crippen molar-refractivity contribution in [2.24, 2.45) is 5.92 Å². The van der Waals surface area contributed by atoms with Gasteiger partial charge in [0.15, 0.2) is 5.01 Å². The molecule has 3 aromatic rings. The number of hydrogen-bond acceptors (Lipinski definition) is 5. The van der Waals surface area contributed by atoms with Gasteiger partial charge in [-0.05, 0) is 23.8 Å². The Balaban J connectivity index is 1.60. The molecule has 0 fully saturated rings. The van der Waals surface area contributed by atoms with Gasteiger partial charge >= 0.3 is 0 Å². The number of carbonyl (C=O) groups is 1. The van der Waals surface area contributed by atoms with Crippen LogP contribution in [0.15, 0.2) is 48.5 Å². The largest absolute Gasteiger partial charge is 0.356 e. The Hall–Kier alpha value is -2.44. The van der Waals surface area contributed by atoms with E-state index in [0.29, 0.717) is 11.6 Å². The van der Waals surface area contributed by atoms with Gasteiger partial charge in [0.1, 0.15) is 0 Å². The average Bonchev–Trinajstić information content (AvgIpc) is 3.10. The first-order valence-electron chi connectivity index (χ1n) is 8.25. The summed E-state index contributed by atoms with van der Waals surface area (Å²) in [4.78, 5) is 11.7. The lowest BCUT2D eigenvalue weighted by Gasteiger charge is -2.08. The first-order chi connectivity index (χ1) is 12.5. The summed E-state index contributed by atoms with van der Waals surface area (Å²) in [7, 11) is 0. The molecule has 2 N–H and O–H groups in total. The molecule has 7 heteroatoms. The van der Waals surface area contributed by atoms with Gasteiger partial charge < -0.3 is 10.6 Å². The smallest absolute Gasteiger partial charge is 0.226 e. The number of amides is 1. The molecule has 26 heavy (non-hydrogen) atoms. The van der Waals surface area contributed by atoms with E-state index in [2.05, 4.69) is 20.8 Å². The third-order valence-electron chi connectivity index (χ3n) is 3.72. The predicted molar refractivity (Wildman–Crippen MR) is 108 cm³/mol. The van der Waals surface area contributed by atoms with Gasteiger partial charge in [-0.1, -0.05) is 67.1 Å². The molecule has 0 aliphatic carbocycles. The molecule has 1 amide bonds. The Morgan fingerprint density at radius 2 is 1.85 bits per heavy atom. The van der Waals surface area contributed by atoms with Gasteiger partial charge in [0, 0.05) is 23.7 Å². The second-order valence-electron chi connectivity index (χ2n) is 6.09. The highest BCUT2D eigenvalue weighted by atomic mass is 35.5. The van der Waals surface area contributed by atoms with Crippen molar-refractivity contribution in [3.05, 3.63) is 59.1 Å². The van der Waals surface area contributed by atoms with E-state index >= 15 is 0 Å². The van der Waals surface area contributed by atoms with Crippen LogP contribution in [0.25, 0.3) is 10.6 Å². The van der Waals surface area contributed by atoms with Gasteiger partial charge in [-0.3, -0.25) is 4.79 Å². The van der Waals surface area contributed by atoms with Crippen LogP contribution in [0.3, 0.4) is 0 Å². The van der Waals surface area contributed by atoms with E-state index in [1.807, 2.05) is 62.4 Å². The molecule has 0 aliphatic heterocycles. The highest BCUT2D eigenvalue weighted by Gasteiger charge is 2.10. The highest BCUT2D eigenvalue weighted by molar-refractivity contribution is 7.18. The molecule has 3 rings (SSSR count). The lowest BCUT2D eigenvalue weighted by Crippen LogP contribution is -2.17. The van der Waals surface area contributed by atoms with E-state index in [9.17, 15) is 4.79 Å². The van der Waals surface area contributed by atoms with Crippen molar-refractivity contribution in [1.29, 1.82) is 0 Å². The molecule has 0 bridgehead atoms. The summed E-state index contributed by atoms with van der Waals surface area (Å²) in [5.74, 6) is -0.0297. The quantitative estimate of drug-likeness (QED) is 0.621. The summed E-state index contributed by atoms with van der Waals surface area (Å²) in [5.41, 5.74) is 2.76. The van der Waals surface area contributed by atoms with Gasteiger partial charge in [0.25, 0.3) is 0 Å². The summed E-state index contributed by atoms with van der Waals surface area (Å²) in [6.07, 6.45) is 0. The van der Waals surface area contributed by atoms with Crippen molar-refractivity contribution in [3.8, 4) is 10.6 Å². The van der Waals surface area contributed by atoms with Crippen molar-refractivity contribution in [3.63, 3.8) is 0 Å². The number of carbonyl (C=O) groups excluding carboxylic acids is 1. The molecule has 1 aromatic heterocycles. The van der Waals surface area contributed by atoms with E-state index < -0.39 is 0 Å². The summed E-state index contributed by atoms with van der Waals surface area (Å²) >= 11 is 7.66. The lowest BCUT2D eigenvalue weighted by atomic mass is 10.1. The van der Waals surface area contributed by atoms with Crippen LogP contribution in [0.1, 0.15) is 19.4 Å². The molecule has 0 radical (unpaired) electrons. The zero-order valence-corrected chi connectivity index (χ0v) is 16.1. The molecule has 0 unspecified atom stereocenters. The number of nitrogens with zero attached hydrogens (tertiary/aromatic N) is 2. The van der Waals surface area contributed by atoms with Crippen molar-refractivity contribution in [2.75, 3.05) is 10.6 Å². The van der Waals surface area contributed by atoms with Gasteiger partial charge in [-0.2, -0.15) is 0 Å². The van der Waals surface area contributed by atoms with E-state index in [-0.39, 0.29) is 11.8 Å². The maximum Gasteiger partial charge on any atom is 0.226 e. The minimum Gasteiger partial charge on any atom is -0.356 e. The SMILES string of the molecule is CC(C)C(=O)Nc1ccc(CNc2nnc(-c3ccccc3Cl)s2)cc1. The van der Waals surface area contributed by atoms with Crippen molar-refractivity contribution in [2.45, 2.75) is 20.4 Å². The first kappa shape index (κ1) is 18.4. The van der Waals surface area contributed by atoms with E-state index in [1.54, 1.807) is 0 Å². The average molecular weight is 387 g/mol. The van der Waals surface area contributed by atoms with Crippen molar-refractivity contribution >= 4 is 39.7 Å². The lowest BCUT2D eigenvalue weighted by molar-refractivity contribution is -0.118. The predicted octanol–water partition coefficient (Wildman–Crippen LogP) is 5.07. The van der Waals surface area contributed by atoms with Gasteiger partial charge in [0.2, 0.25) is 11.0 Å². The number of anilines is 2. The fourth-order valence-electron chi connectivity index (χ4n) is 2.21. The van der Waals surface area contributed by atoms with Crippen molar-refractivity contribution < 1.29 is 4.79 Å². The zero-order valence-electron chi connectivity index (χ0n) is 14.5. The maximum atomic E-state index is 11.7. The first-order valence-corrected chi connectivity index (χ1v) is 9.44. The molecule has 2 aromatic carbocycles. The Morgan fingerprint density at radius 3 is 2.54 bits per heavy atom. The number of nitrogens with one attached hydrogen (secondary N) is 2. The number of hydrogen-bond donors (Lipinski definition) is 2. The third kappa shape index (κ3) is 4.59. The Labute approximate surface area is 161 Å². The van der Waals surface area contributed by atoms with Crippen LogP contribution in [0.4, 0.5) is 10.8 Å². The molecule has 0 spiro atoms. The Kier molecular flexibility index (Phi) is 5.85. The molecule has 134 valence electrons. The van der Waals surface area contributed by atoms with Crippen LogP contribution in [-0.4, -0.2) is 16.1 Å².